The number of carbonyl (C=O) groups is 1. The Bertz CT molecular complexity index is 561. The van der Waals surface area contributed by atoms with E-state index in [-0.39, 0.29) is 12.2 Å². The summed E-state index contributed by atoms with van der Waals surface area (Å²) in [6, 6.07) is 3.62. The number of halogens is 3. The summed E-state index contributed by atoms with van der Waals surface area (Å²) in [5, 5.41) is 2.47. The summed E-state index contributed by atoms with van der Waals surface area (Å²) in [5.41, 5.74) is 3.84. The lowest BCUT2D eigenvalue weighted by Crippen LogP contribution is -2.32. The average Bonchev–Trinajstić information content (AvgIpc) is 2.33. The van der Waals surface area contributed by atoms with Gasteiger partial charge >= 0.3 is 12.3 Å². The zero-order chi connectivity index (χ0) is 17.0. The monoisotopic (exact) mass is 316 g/mol. The summed E-state index contributed by atoms with van der Waals surface area (Å²) in [7, 11) is 0. The lowest BCUT2D eigenvalue weighted by molar-refractivity contribution is -0.136. The number of alkyl carbamates (subject to hydrolysis) is 1. The van der Waals surface area contributed by atoms with Gasteiger partial charge in [0.05, 0.1) is 5.56 Å². The van der Waals surface area contributed by atoms with Gasteiger partial charge in [-0.3, -0.25) is 0 Å². The van der Waals surface area contributed by atoms with Crippen molar-refractivity contribution in [3.63, 3.8) is 0 Å². The molecule has 1 aromatic rings. The van der Waals surface area contributed by atoms with E-state index < -0.39 is 23.4 Å². The average molecular weight is 316 g/mol. The molecule has 0 saturated heterocycles. The Hall–Kier alpha value is -2.18. The minimum atomic E-state index is -4.50. The van der Waals surface area contributed by atoms with Crippen molar-refractivity contribution in [3.8, 4) is 0 Å². The Morgan fingerprint density at radius 2 is 1.95 bits per heavy atom. The zero-order valence-electron chi connectivity index (χ0n) is 12.6. The molecule has 3 N–H and O–H groups in total. The van der Waals surface area contributed by atoms with Crippen LogP contribution in [0.4, 0.5) is 23.7 Å². The smallest absolute Gasteiger partial charge is 0.418 e. The van der Waals surface area contributed by atoms with Crippen molar-refractivity contribution in [1.82, 2.24) is 5.32 Å². The van der Waals surface area contributed by atoms with Crippen molar-refractivity contribution in [1.29, 1.82) is 0 Å². The molecule has 22 heavy (non-hydrogen) atoms. The van der Waals surface area contributed by atoms with Crippen LogP contribution in [0.5, 0.6) is 0 Å². The highest BCUT2D eigenvalue weighted by molar-refractivity contribution is 5.68. The molecule has 0 saturated carbocycles. The molecular formula is C15H19F3N2O2. The van der Waals surface area contributed by atoms with E-state index in [4.69, 9.17) is 10.5 Å². The van der Waals surface area contributed by atoms with Crippen LogP contribution < -0.4 is 11.1 Å². The normalized spacial score (nSPS) is 12.5. The Morgan fingerprint density at radius 1 is 1.32 bits per heavy atom. The molecule has 122 valence electrons. The van der Waals surface area contributed by atoms with E-state index in [0.29, 0.717) is 5.56 Å². The first-order valence-corrected chi connectivity index (χ1v) is 6.59. The molecule has 0 unspecified atom stereocenters. The molecule has 7 heteroatoms. The first-order valence-electron chi connectivity index (χ1n) is 6.59. The van der Waals surface area contributed by atoms with Crippen LogP contribution in [-0.2, 0) is 10.9 Å². The number of anilines is 1. The number of hydrogen-bond donors (Lipinski definition) is 2. The molecule has 0 aliphatic heterocycles. The van der Waals surface area contributed by atoms with Crippen LogP contribution in [0.1, 0.15) is 31.9 Å². The molecule has 0 aliphatic carbocycles. The van der Waals surface area contributed by atoms with E-state index in [2.05, 4.69) is 5.32 Å². The number of carbonyl (C=O) groups excluding carboxylic acids is 1. The van der Waals surface area contributed by atoms with E-state index in [1.165, 1.54) is 24.3 Å². The highest BCUT2D eigenvalue weighted by Crippen LogP contribution is 2.34. The Morgan fingerprint density at radius 3 is 2.50 bits per heavy atom. The number of alkyl halides is 3. The van der Waals surface area contributed by atoms with Crippen LogP contribution in [-0.4, -0.2) is 18.2 Å². The number of amides is 1. The minimum Gasteiger partial charge on any atom is -0.444 e. The fourth-order valence-corrected chi connectivity index (χ4v) is 1.57. The number of nitrogens with one attached hydrogen (secondary N) is 1. The van der Waals surface area contributed by atoms with Gasteiger partial charge in [0.2, 0.25) is 0 Å². The predicted octanol–water partition coefficient (Wildman–Crippen LogP) is 3.83. The Kier molecular flexibility index (Phi) is 5.46. The molecule has 0 aromatic heterocycles. The molecule has 4 nitrogen and oxygen atoms in total. The van der Waals surface area contributed by atoms with Gasteiger partial charge in [-0.15, -0.1) is 0 Å². The summed E-state index contributed by atoms with van der Waals surface area (Å²) >= 11 is 0. The largest absolute Gasteiger partial charge is 0.444 e. The SMILES string of the molecule is CC(C)(C)OC(=O)NCC=Cc1ccc(N)c(C(F)(F)F)c1. The number of nitrogen functional groups attached to an aromatic ring is 1. The van der Waals surface area contributed by atoms with Crippen molar-refractivity contribution in [2.75, 3.05) is 12.3 Å². The van der Waals surface area contributed by atoms with Crippen molar-refractivity contribution in [2.24, 2.45) is 0 Å². The van der Waals surface area contributed by atoms with Crippen molar-refractivity contribution < 1.29 is 22.7 Å². The van der Waals surface area contributed by atoms with Crippen molar-refractivity contribution in [3.05, 3.63) is 35.4 Å². The molecule has 0 atom stereocenters. The second-order valence-corrected chi connectivity index (χ2v) is 5.63. The van der Waals surface area contributed by atoms with Crippen LogP contribution in [0.2, 0.25) is 0 Å². The molecule has 1 rings (SSSR count). The highest BCUT2D eigenvalue weighted by Gasteiger charge is 2.32. The molecule has 0 bridgehead atoms. The summed E-state index contributed by atoms with van der Waals surface area (Å²) in [4.78, 5) is 11.4. The number of benzene rings is 1. The number of hydrogen-bond acceptors (Lipinski definition) is 3. The van der Waals surface area contributed by atoms with Crippen LogP contribution in [0, 0.1) is 0 Å². The topological polar surface area (TPSA) is 64.3 Å². The second kappa shape index (κ2) is 6.72. The van der Waals surface area contributed by atoms with E-state index in [1.807, 2.05) is 0 Å². The number of ether oxygens (including phenoxy) is 1. The fraction of sp³-hybridized carbons (Fsp3) is 0.400. The molecule has 1 amide bonds. The molecule has 0 spiro atoms. The van der Waals surface area contributed by atoms with E-state index in [1.54, 1.807) is 20.8 Å². The molecule has 1 aromatic carbocycles. The Labute approximate surface area is 127 Å². The maximum absolute atomic E-state index is 12.7. The predicted molar refractivity (Wildman–Crippen MR) is 79.1 cm³/mol. The van der Waals surface area contributed by atoms with Gasteiger partial charge < -0.3 is 15.8 Å². The lowest BCUT2D eigenvalue weighted by Gasteiger charge is -2.19. The number of nitrogens with two attached hydrogens (primary N) is 1. The van der Waals surface area contributed by atoms with E-state index in [0.717, 1.165) is 6.07 Å². The van der Waals surface area contributed by atoms with Gasteiger partial charge in [0.15, 0.2) is 0 Å². The van der Waals surface area contributed by atoms with E-state index >= 15 is 0 Å². The van der Waals surface area contributed by atoms with Gasteiger partial charge in [-0.1, -0.05) is 18.2 Å². The van der Waals surface area contributed by atoms with Crippen LogP contribution in [0.15, 0.2) is 24.3 Å². The fourth-order valence-electron chi connectivity index (χ4n) is 1.57. The summed E-state index contributed by atoms with van der Waals surface area (Å²) in [6.45, 7) is 5.33. The number of rotatable bonds is 3. The zero-order valence-corrected chi connectivity index (χ0v) is 12.6. The quantitative estimate of drug-likeness (QED) is 0.833. The van der Waals surface area contributed by atoms with Gasteiger partial charge in [-0.2, -0.15) is 13.2 Å². The first kappa shape index (κ1) is 17.9. The summed E-state index contributed by atoms with van der Waals surface area (Å²) in [6.07, 6.45) is -2.10. The summed E-state index contributed by atoms with van der Waals surface area (Å²) < 4.78 is 43.1. The van der Waals surface area contributed by atoms with Gasteiger partial charge in [-0.05, 0) is 38.5 Å². The molecule has 0 fully saturated rings. The summed E-state index contributed by atoms with van der Waals surface area (Å²) in [5.74, 6) is 0. The second-order valence-electron chi connectivity index (χ2n) is 5.63. The van der Waals surface area contributed by atoms with Gasteiger partial charge in [-0.25, -0.2) is 4.79 Å². The van der Waals surface area contributed by atoms with E-state index in [9.17, 15) is 18.0 Å². The minimum absolute atomic E-state index is 0.140. The third-order valence-electron chi connectivity index (χ3n) is 2.46. The molecule has 0 aliphatic rings. The van der Waals surface area contributed by atoms with Crippen LogP contribution in [0.25, 0.3) is 6.08 Å². The third kappa shape index (κ3) is 6.07. The molecule has 0 heterocycles. The highest BCUT2D eigenvalue weighted by atomic mass is 19.4. The maximum Gasteiger partial charge on any atom is 0.418 e. The standard InChI is InChI=1S/C15H19F3N2O2/c1-14(2,3)22-13(21)20-8-4-5-10-6-7-12(19)11(9-10)15(16,17)18/h4-7,9H,8,19H2,1-3H3,(H,20,21). The first-order chi connectivity index (χ1) is 9.99. The maximum atomic E-state index is 12.7. The van der Waals surface area contributed by atoms with Crippen molar-refractivity contribution >= 4 is 17.9 Å². The van der Waals surface area contributed by atoms with Gasteiger partial charge in [0.1, 0.15) is 5.60 Å². The Balaban J connectivity index is 2.63. The van der Waals surface area contributed by atoms with Crippen LogP contribution >= 0.6 is 0 Å². The molecule has 0 radical (unpaired) electrons. The van der Waals surface area contributed by atoms with Crippen molar-refractivity contribution in [2.45, 2.75) is 32.5 Å². The van der Waals surface area contributed by atoms with Crippen LogP contribution in [0.3, 0.4) is 0 Å². The third-order valence-corrected chi connectivity index (χ3v) is 2.46. The lowest BCUT2D eigenvalue weighted by atomic mass is 10.1. The van der Waals surface area contributed by atoms with Gasteiger partial charge in [0, 0.05) is 12.2 Å². The molecular weight excluding hydrogens is 297 g/mol. The van der Waals surface area contributed by atoms with Gasteiger partial charge in [0.25, 0.3) is 0 Å².